The lowest BCUT2D eigenvalue weighted by atomic mass is 9.86. The molecule has 0 radical (unpaired) electrons. The van der Waals surface area contributed by atoms with Crippen molar-refractivity contribution >= 4 is 11.9 Å². The quantitative estimate of drug-likeness (QED) is 0.444. The SMILES string of the molecule is CCNC(=NCCC(F)(F)F)NC1CCC(C(=O)OCC)CC1. The van der Waals surface area contributed by atoms with E-state index in [9.17, 15) is 18.0 Å². The zero-order valence-electron chi connectivity index (χ0n) is 13.7. The molecule has 134 valence electrons. The van der Waals surface area contributed by atoms with Gasteiger partial charge in [0.2, 0.25) is 0 Å². The number of alkyl halides is 3. The van der Waals surface area contributed by atoms with Crippen molar-refractivity contribution in [1.82, 2.24) is 10.6 Å². The van der Waals surface area contributed by atoms with Crippen LogP contribution < -0.4 is 10.6 Å². The van der Waals surface area contributed by atoms with Gasteiger partial charge in [0.15, 0.2) is 5.96 Å². The molecule has 1 saturated carbocycles. The fourth-order valence-corrected chi connectivity index (χ4v) is 2.54. The summed E-state index contributed by atoms with van der Waals surface area (Å²) in [5, 5.41) is 6.10. The van der Waals surface area contributed by atoms with E-state index in [1.807, 2.05) is 6.92 Å². The van der Waals surface area contributed by atoms with Crippen molar-refractivity contribution in [1.29, 1.82) is 0 Å². The number of halogens is 3. The molecule has 2 N–H and O–H groups in total. The largest absolute Gasteiger partial charge is 0.466 e. The van der Waals surface area contributed by atoms with Crippen LogP contribution in [0.1, 0.15) is 46.0 Å². The third-order valence-corrected chi connectivity index (χ3v) is 3.70. The Morgan fingerprint density at radius 2 is 1.87 bits per heavy atom. The minimum Gasteiger partial charge on any atom is -0.466 e. The molecule has 1 aliphatic rings. The van der Waals surface area contributed by atoms with Crippen LogP contribution in [0.25, 0.3) is 0 Å². The number of hydrogen-bond acceptors (Lipinski definition) is 3. The van der Waals surface area contributed by atoms with Gasteiger partial charge < -0.3 is 15.4 Å². The lowest BCUT2D eigenvalue weighted by Gasteiger charge is -2.29. The molecule has 0 aromatic heterocycles. The summed E-state index contributed by atoms with van der Waals surface area (Å²) in [5.41, 5.74) is 0. The molecule has 5 nitrogen and oxygen atoms in total. The topological polar surface area (TPSA) is 62.7 Å². The van der Waals surface area contributed by atoms with Crippen LogP contribution in [0.2, 0.25) is 0 Å². The Hall–Kier alpha value is -1.47. The van der Waals surface area contributed by atoms with Gasteiger partial charge in [0.25, 0.3) is 0 Å². The van der Waals surface area contributed by atoms with Crippen molar-refractivity contribution in [2.24, 2.45) is 10.9 Å². The molecule has 0 bridgehead atoms. The molecule has 1 aliphatic carbocycles. The van der Waals surface area contributed by atoms with Gasteiger partial charge in [-0.2, -0.15) is 13.2 Å². The summed E-state index contributed by atoms with van der Waals surface area (Å²) < 4.78 is 41.6. The molecule has 23 heavy (non-hydrogen) atoms. The lowest BCUT2D eigenvalue weighted by Crippen LogP contribution is -2.45. The van der Waals surface area contributed by atoms with Gasteiger partial charge in [-0.3, -0.25) is 9.79 Å². The van der Waals surface area contributed by atoms with Gasteiger partial charge in [0, 0.05) is 12.6 Å². The molecule has 8 heteroatoms. The molecule has 1 fully saturated rings. The van der Waals surface area contributed by atoms with Crippen LogP contribution in [0.3, 0.4) is 0 Å². The van der Waals surface area contributed by atoms with E-state index in [4.69, 9.17) is 4.74 Å². The normalized spacial score (nSPS) is 22.6. The second kappa shape index (κ2) is 9.62. The fraction of sp³-hybridized carbons (Fsp3) is 0.867. The molecule has 0 amide bonds. The van der Waals surface area contributed by atoms with Gasteiger partial charge in [-0.05, 0) is 39.5 Å². The average molecular weight is 337 g/mol. The highest BCUT2D eigenvalue weighted by atomic mass is 19.4. The second-order valence-corrected chi connectivity index (χ2v) is 5.57. The van der Waals surface area contributed by atoms with Gasteiger partial charge >= 0.3 is 12.1 Å². The Morgan fingerprint density at radius 1 is 1.22 bits per heavy atom. The van der Waals surface area contributed by atoms with Gasteiger partial charge in [-0.15, -0.1) is 0 Å². The highest BCUT2D eigenvalue weighted by molar-refractivity contribution is 5.80. The summed E-state index contributed by atoms with van der Waals surface area (Å²) in [6.07, 6.45) is -2.14. The summed E-state index contributed by atoms with van der Waals surface area (Å²) in [6, 6.07) is 0.115. The Kier molecular flexibility index (Phi) is 8.19. The van der Waals surface area contributed by atoms with Crippen LogP contribution in [-0.2, 0) is 9.53 Å². The Morgan fingerprint density at radius 3 is 2.39 bits per heavy atom. The van der Waals surface area contributed by atoms with E-state index in [-0.39, 0.29) is 24.5 Å². The number of ether oxygens (including phenoxy) is 1. The van der Waals surface area contributed by atoms with Crippen molar-refractivity contribution in [2.45, 2.75) is 58.2 Å². The van der Waals surface area contributed by atoms with E-state index in [1.54, 1.807) is 6.92 Å². The van der Waals surface area contributed by atoms with Crippen molar-refractivity contribution in [3.8, 4) is 0 Å². The van der Waals surface area contributed by atoms with Crippen LogP contribution in [0.5, 0.6) is 0 Å². The predicted molar refractivity (Wildman–Crippen MR) is 82.2 cm³/mol. The van der Waals surface area contributed by atoms with Crippen LogP contribution in [0.15, 0.2) is 4.99 Å². The Labute approximate surface area is 135 Å². The molecule has 0 atom stereocenters. The minimum absolute atomic E-state index is 0.0715. The molecule has 0 saturated heterocycles. The highest BCUT2D eigenvalue weighted by Gasteiger charge is 2.28. The van der Waals surface area contributed by atoms with E-state index in [0.29, 0.717) is 19.1 Å². The minimum atomic E-state index is -4.20. The van der Waals surface area contributed by atoms with E-state index >= 15 is 0 Å². The molecule has 1 rings (SSSR count). The van der Waals surface area contributed by atoms with Gasteiger partial charge in [0.05, 0.1) is 25.5 Å². The summed E-state index contributed by atoms with van der Waals surface area (Å²) in [7, 11) is 0. The fourth-order valence-electron chi connectivity index (χ4n) is 2.54. The van der Waals surface area contributed by atoms with Crippen molar-refractivity contribution in [3.05, 3.63) is 0 Å². The maximum atomic E-state index is 12.2. The third kappa shape index (κ3) is 8.08. The van der Waals surface area contributed by atoms with Crippen molar-refractivity contribution in [2.75, 3.05) is 19.7 Å². The summed E-state index contributed by atoms with van der Waals surface area (Å²) >= 11 is 0. The maximum absolute atomic E-state index is 12.2. The molecule has 0 unspecified atom stereocenters. The van der Waals surface area contributed by atoms with Crippen LogP contribution in [0.4, 0.5) is 13.2 Å². The molecule has 0 aromatic rings. The van der Waals surface area contributed by atoms with Crippen molar-refractivity contribution in [3.63, 3.8) is 0 Å². The molecule has 0 heterocycles. The molecule has 0 aromatic carbocycles. The Balaban J connectivity index is 2.43. The standard InChI is InChI=1S/C15H26F3N3O2/c1-3-19-14(20-10-9-15(16,17)18)21-12-7-5-11(6-8-12)13(22)23-4-2/h11-12H,3-10H2,1-2H3,(H2,19,20,21). The number of rotatable bonds is 6. The van der Waals surface area contributed by atoms with E-state index in [1.165, 1.54) is 0 Å². The number of hydrogen-bond donors (Lipinski definition) is 2. The first-order valence-corrected chi connectivity index (χ1v) is 8.14. The first-order valence-electron chi connectivity index (χ1n) is 8.14. The first kappa shape index (κ1) is 19.6. The zero-order valence-corrected chi connectivity index (χ0v) is 13.7. The molecule has 0 aliphatic heterocycles. The van der Waals surface area contributed by atoms with Crippen LogP contribution >= 0.6 is 0 Å². The summed E-state index contributed by atoms with van der Waals surface area (Å²) in [4.78, 5) is 15.6. The Bertz CT molecular complexity index is 392. The lowest BCUT2D eigenvalue weighted by molar-refractivity contribution is -0.149. The monoisotopic (exact) mass is 337 g/mol. The summed E-state index contributed by atoms with van der Waals surface area (Å²) in [6.45, 7) is 4.31. The third-order valence-electron chi connectivity index (χ3n) is 3.70. The van der Waals surface area contributed by atoms with E-state index in [0.717, 1.165) is 25.7 Å². The van der Waals surface area contributed by atoms with Gasteiger partial charge in [0.1, 0.15) is 0 Å². The molecular formula is C15H26F3N3O2. The number of aliphatic imine (C=N–C) groups is 1. The number of carbonyl (C=O) groups excluding carboxylic acids is 1. The first-order chi connectivity index (χ1) is 10.9. The zero-order chi connectivity index (χ0) is 17.3. The van der Waals surface area contributed by atoms with Gasteiger partial charge in [-0.1, -0.05) is 0 Å². The number of nitrogens with zero attached hydrogens (tertiary/aromatic N) is 1. The number of guanidine groups is 1. The van der Waals surface area contributed by atoms with E-state index < -0.39 is 12.6 Å². The number of carbonyl (C=O) groups is 1. The van der Waals surface area contributed by atoms with Crippen LogP contribution in [0, 0.1) is 5.92 Å². The number of nitrogens with one attached hydrogen (secondary N) is 2. The summed E-state index contributed by atoms with van der Waals surface area (Å²) in [5.74, 6) is 0.172. The average Bonchev–Trinajstić information content (AvgIpc) is 2.47. The van der Waals surface area contributed by atoms with Gasteiger partial charge in [-0.25, -0.2) is 0 Å². The predicted octanol–water partition coefficient (Wildman–Crippen LogP) is 2.62. The molecule has 0 spiro atoms. The smallest absolute Gasteiger partial charge is 0.390 e. The van der Waals surface area contributed by atoms with Crippen molar-refractivity contribution < 1.29 is 22.7 Å². The second-order valence-electron chi connectivity index (χ2n) is 5.57. The van der Waals surface area contributed by atoms with Crippen LogP contribution in [-0.4, -0.2) is 43.8 Å². The van der Waals surface area contributed by atoms with E-state index in [2.05, 4.69) is 15.6 Å². The number of esters is 1. The molecular weight excluding hydrogens is 311 g/mol. The maximum Gasteiger partial charge on any atom is 0.390 e. The highest BCUT2D eigenvalue weighted by Crippen LogP contribution is 2.25.